The van der Waals surface area contributed by atoms with Gasteiger partial charge in [-0.1, -0.05) is 29.4 Å². The fourth-order valence-corrected chi connectivity index (χ4v) is 4.26. The molecule has 10 heteroatoms. The zero-order valence-electron chi connectivity index (χ0n) is 18.4. The van der Waals surface area contributed by atoms with Gasteiger partial charge in [-0.3, -0.25) is 10.1 Å². The number of carbonyl (C=O) groups excluding carboxylic acids is 1. The van der Waals surface area contributed by atoms with E-state index in [-0.39, 0.29) is 29.0 Å². The first kappa shape index (κ1) is 22.5. The molecule has 33 heavy (non-hydrogen) atoms. The minimum Gasteiger partial charge on any atom is -0.490 e. The van der Waals surface area contributed by atoms with Crippen LogP contribution in [0.25, 0.3) is 11.0 Å². The lowest BCUT2D eigenvalue weighted by Crippen LogP contribution is -2.13. The number of rotatable bonds is 8. The molecule has 0 bridgehead atoms. The van der Waals surface area contributed by atoms with Crippen molar-refractivity contribution < 1.29 is 26.8 Å². The summed E-state index contributed by atoms with van der Waals surface area (Å²) in [6.45, 7) is 5.62. The summed E-state index contributed by atoms with van der Waals surface area (Å²) in [5, 5.41) is 10.6. The molecular weight excluding hydrogens is 446 g/mol. The second kappa shape index (κ2) is 9.07. The van der Waals surface area contributed by atoms with Gasteiger partial charge in [0, 0.05) is 5.39 Å². The van der Waals surface area contributed by atoms with E-state index in [1.54, 1.807) is 50.2 Å². The Kier molecular flexibility index (Phi) is 6.19. The number of carbonyl (C=O) groups is 1. The van der Waals surface area contributed by atoms with Crippen LogP contribution in [0, 0.1) is 0 Å². The highest BCUT2D eigenvalue weighted by atomic mass is 32.2. The molecule has 0 aliphatic rings. The summed E-state index contributed by atoms with van der Waals surface area (Å²) in [6.07, 6.45) is 0.285. The topological polar surface area (TPSA) is 125 Å². The van der Waals surface area contributed by atoms with Crippen molar-refractivity contribution >= 4 is 32.7 Å². The number of ether oxygens (including phenoxy) is 1. The SMILES string of the molecule is CCOc1cccc2cc(C(=O)Nc3nnc(Cc4ccc(S(=O)(=O)C(C)C)cc4)o3)oc12. The van der Waals surface area contributed by atoms with Gasteiger partial charge in [0.05, 0.1) is 23.2 Å². The lowest BCUT2D eigenvalue weighted by molar-refractivity contribution is 0.0995. The van der Waals surface area contributed by atoms with Crippen molar-refractivity contribution in [2.45, 2.75) is 37.3 Å². The van der Waals surface area contributed by atoms with Gasteiger partial charge in [-0.15, -0.1) is 5.10 Å². The largest absolute Gasteiger partial charge is 0.490 e. The number of hydrogen-bond acceptors (Lipinski definition) is 8. The molecule has 2 aromatic heterocycles. The molecule has 9 nitrogen and oxygen atoms in total. The molecular formula is C23H23N3O6S. The maximum atomic E-state index is 12.6. The minimum atomic E-state index is -3.33. The van der Waals surface area contributed by atoms with Gasteiger partial charge in [0.15, 0.2) is 26.9 Å². The monoisotopic (exact) mass is 469 g/mol. The second-order valence-electron chi connectivity index (χ2n) is 7.59. The lowest BCUT2D eigenvalue weighted by atomic mass is 10.1. The molecule has 4 rings (SSSR count). The fourth-order valence-electron chi connectivity index (χ4n) is 3.20. The minimum absolute atomic E-state index is 0.0699. The molecule has 0 unspecified atom stereocenters. The second-order valence-corrected chi connectivity index (χ2v) is 10.1. The van der Waals surface area contributed by atoms with Crippen LogP contribution >= 0.6 is 0 Å². The van der Waals surface area contributed by atoms with Crippen molar-refractivity contribution in [3.63, 3.8) is 0 Å². The number of benzene rings is 2. The van der Waals surface area contributed by atoms with E-state index >= 15 is 0 Å². The zero-order valence-corrected chi connectivity index (χ0v) is 19.2. The average molecular weight is 470 g/mol. The summed E-state index contributed by atoms with van der Waals surface area (Å²) in [5.41, 5.74) is 1.28. The van der Waals surface area contributed by atoms with E-state index in [0.717, 1.165) is 10.9 Å². The first-order valence-corrected chi connectivity index (χ1v) is 11.9. The van der Waals surface area contributed by atoms with Crippen LogP contribution in [0.2, 0.25) is 0 Å². The third-order valence-corrected chi connectivity index (χ3v) is 7.12. The van der Waals surface area contributed by atoms with E-state index in [4.69, 9.17) is 13.6 Å². The van der Waals surface area contributed by atoms with Crippen LogP contribution in [0.1, 0.15) is 42.8 Å². The van der Waals surface area contributed by atoms with Gasteiger partial charge in [0.2, 0.25) is 5.89 Å². The number of para-hydroxylation sites is 1. The van der Waals surface area contributed by atoms with E-state index in [1.807, 2.05) is 19.1 Å². The predicted octanol–water partition coefficient (Wildman–Crippen LogP) is 4.24. The van der Waals surface area contributed by atoms with Gasteiger partial charge >= 0.3 is 6.01 Å². The van der Waals surface area contributed by atoms with E-state index in [1.165, 1.54) is 0 Å². The maximum Gasteiger partial charge on any atom is 0.322 e. The number of amides is 1. The van der Waals surface area contributed by atoms with Crippen molar-refractivity contribution in [3.8, 4) is 5.75 Å². The fraction of sp³-hybridized carbons (Fsp3) is 0.261. The van der Waals surface area contributed by atoms with Crippen molar-refractivity contribution in [3.05, 3.63) is 65.7 Å². The van der Waals surface area contributed by atoms with Gasteiger partial charge < -0.3 is 13.6 Å². The maximum absolute atomic E-state index is 12.6. The van der Waals surface area contributed by atoms with Crippen molar-refractivity contribution in [1.82, 2.24) is 10.2 Å². The molecule has 0 aliphatic carbocycles. The van der Waals surface area contributed by atoms with Crippen molar-refractivity contribution in [2.75, 3.05) is 11.9 Å². The molecule has 0 radical (unpaired) electrons. The molecule has 2 aromatic carbocycles. The molecule has 2 heterocycles. The normalized spacial score (nSPS) is 11.8. The summed E-state index contributed by atoms with van der Waals surface area (Å²) >= 11 is 0. The molecule has 1 N–H and O–H groups in total. The van der Waals surface area contributed by atoms with Crippen LogP contribution in [0.3, 0.4) is 0 Å². The first-order chi connectivity index (χ1) is 15.8. The standard InChI is InChI=1S/C23H23N3O6S/c1-4-30-18-7-5-6-16-13-19(31-21(16)18)22(27)24-23-26-25-20(32-23)12-15-8-10-17(11-9-15)33(28,29)14(2)3/h5-11,13-14H,4,12H2,1-3H3,(H,24,26,27). The Morgan fingerprint density at radius 2 is 1.85 bits per heavy atom. The molecule has 0 saturated carbocycles. The highest BCUT2D eigenvalue weighted by molar-refractivity contribution is 7.92. The lowest BCUT2D eigenvalue weighted by Gasteiger charge is -2.08. The Morgan fingerprint density at radius 1 is 1.09 bits per heavy atom. The van der Waals surface area contributed by atoms with Crippen LogP contribution in [-0.4, -0.2) is 36.4 Å². The molecule has 172 valence electrons. The van der Waals surface area contributed by atoms with Crippen LogP contribution in [0.15, 0.2) is 62.3 Å². The highest BCUT2D eigenvalue weighted by Gasteiger charge is 2.20. The molecule has 1 amide bonds. The smallest absolute Gasteiger partial charge is 0.322 e. The Bertz CT molecular complexity index is 1390. The third kappa shape index (κ3) is 4.75. The van der Waals surface area contributed by atoms with Gasteiger partial charge in [0.1, 0.15) is 0 Å². The van der Waals surface area contributed by atoms with Crippen LogP contribution < -0.4 is 10.1 Å². The highest BCUT2D eigenvalue weighted by Crippen LogP contribution is 2.29. The summed E-state index contributed by atoms with van der Waals surface area (Å²) in [5.74, 6) is 0.375. The summed E-state index contributed by atoms with van der Waals surface area (Å²) in [4.78, 5) is 12.8. The number of anilines is 1. The summed E-state index contributed by atoms with van der Waals surface area (Å²) in [6, 6.07) is 13.5. The number of hydrogen-bond donors (Lipinski definition) is 1. The average Bonchev–Trinajstić information content (AvgIpc) is 3.42. The number of fused-ring (bicyclic) bond motifs is 1. The third-order valence-electron chi connectivity index (χ3n) is 4.95. The zero-order chi connectivity index (χ0) is 23.6. The van der Waals surface area contributed by atoms with E-state index in [2.05, 4.69) is 15.5 Å². The number of aromatic nitrogens is 2. The van der Waals surface area contributed by atoms with E-state index in [9.17, 15) is 13.2 Å². The van der Waals surface area contributed by atoms with Crippen LogP contribution in [0.5, 0.6) is 5.75 Å². The Labute approximate surface area is 190 Å². The van der Waals surface area contributed by atoms with Gasteiger partial charge in [-0.2, -0.15) is 0 Å². The molecule has 0 saturated heterocycles. The first-order valence-electron chi connectivity index (χ1n) is 10.4. The van der Waals surface area contributed by atoms with Gasteiger partial charge in [-0.25, -0.2) is 8.42 Å². The predicted molar refractivity (Wildman–Crippen MR) is 121 cm³/mol. The molecule has 4 aromatic rings. The number of nitrogens with zero attached hydrogens (tertiary/aromatic N) is 2. The van der Waals surface area contributed by atoms with E-state index in [0.29, 0.717) is 17.9 Å². The van der Waals surface area contributed by atoms with E-state index < -0.39 is 21.0 Å². The summed E-state index contributed by atoms with van der Waals surface area (Å²) < 4.78 is 41.2. The van der Waals surface area contributed by atoms with Gasteiger partial charge in [0.25, 0.3) is 5.91 Å². The molecule has 0 atom stereocenters. The quantitative estimate of drug-likeness (QED) is 0.406. The Morgan fingerprint density at radius 3 is 2.55 bits per heavy atom. The molecule has 0 aliphatic heterocycles. The van der Waals surface area contributed by atoms with Crippen molar-refractivity contribution in [2.24, 2.45) is 0 Å². The molecule has 0 fully saturated rings. The van der Waals surface area contributed by atoms with Crippen LogP contribution in [0.4, 0.5) is 6.01 Å². The number of furan rings is 1. The van der Waals surface area contributed by atoms with Crippen LogP contribution in [-0.2, 0) is 16.3 Å². The molecule has 0 spiro atoms. The Balaban J connectivity index is 1.44. The number of nitrogens with one attached hydrogen (secondary N) is 1. The summed E-state index contributed by atoms with van der Waals surface area (Å²) in [7, 11) is -3.33. The van der Waals surface area contributed by atoms with Crippen molar-refractivity contribution in [1.29, 1.82) is 0 Å². The number of sulfone groups is 1. The Hall–Kier alpha value is -3.66. The van der Waals surface area contributed by atoms with Gasteiger partial charge in [-0.05, 0) is 50.6 Å².